The fourth-order valence-electron chi connectivity index (χ4n) is 5.39. The Bertz CT molecular complexity index is 1010. The van der Waals surface area contributed by atoms with Crippen molar-refractivity contribution in [1.29, 1.82) is 0 Å². The molecule has 0 aromatic heterocycles. The first kappa shape index (κ1) is 23.3. The van der Waals surface area contributed by atoms with Crippen molar-refractivity contribution in [1.82, 2.24) is 10.2 Å². The average Bonchev–Trinajstić information content (AvgIpc) is 2.87. The standard InChI is InChI=1S/C26H34ClN5O2/c27-20-5-3-6-21(18-20)31-15-13-30(14-16-31)11-4-10-28-25(33)19-8-9-23-22(17-19)29-26(34)24-7-1-2-12-32(23)24/h3,5-6,8-9,17-18,24,26,29,34H,1-2,4,7,10-16H2,(H,28,33). The van der Waals surface area contributed by atoms with E-state index in [4.69, 9.17) is 11.6 Å². The zero-order valence-corrected chi connectivity index (χ0v) is 20.3. The molecule has 3 heterocycles. The lowest BCUT2D eigenvalue weighted by atomic mass is 9.96. The van der Waals surface area contributed by atoms with Crippen LogP contribution in [0.15, 0.2) is 42.5 Å². The summed E-state index contributed by atoms with van der Waals surface area (Å²) in [6.07, 6.45) is 3.60. The van der Waals surface area contributed by atoms with Crippen molar-refractivity contribution in [3.63, 3.8) is 0 Å². The van der Waals surface area contributed by atoms with E-state index in [1.165, 1.54) is 5.69 Å². The van der Waals surface area contributed by atoms with Crippen LogP contribution in [0.2, 0.25) is 5.02 Å². The van der Waals surface area contributed by atoms with Crippen molar-refractivity contribution >= 4 is 34.6 Å². The molecule has 34 heavy (non-hydrogen) atoms. The van der Waals surface area contributed by atoms with Crippen LogP contribution >= 0.6 is 11.6 Å². The number of piperazine rings is 1. The Hall–Kier alpha value is -2.48. The molecule has 7 nitrogen and oxygen atoms in total. The highest BCUT2D eigenvalue weighted by Gasteiger charge is 2.34. The minimum atomic E-state index is -0.592. The van der Waals surface area contributed by atoms with Gasteiger partial charge in [0, 0.05) is 55.5 Å². The highest BCUT2D eigenvalue weighted by atomic mass is 35.5. The SMILES string of the molecule is O=C(NCCCN1CCN(c2cccc(Cl)c2)CC1)c1ccc2c(c1)NC(O)C1CCCCN21. The van der Waals surface area contributed by atoms with Gasteiger partial charge in [0.15, 0.2) is 0 Å². The molecule has 2 fully saturated rings. The summed E-state index contributed by atoms with van der Waals surface area (Å²) in [5.74, 6) is -0.0642. The van der Waals surface area contributed by atoms with Crippen molar-refractivity contribution in [2.45, 2.75) is 38.0 Å². The van der Waals surface area contributed by atoms with Crippen molar-refractivity contribution in [3.05, 3.63) is 53.1 Å². The maximum Gasteiger partial charge on any atom is 0.251 e. The third-order valence-corrected chi connectivity index (χ3v) is 7.50. The van der Waals surface area contributed by atoms with Gasteiger partial charge in [-0.25, -0.2) is 0 Å². The number of fused-ring (bicyclic) bond motifs is 3. The maximum absolute atomic E-state index is 12.7. The Morgan fingerprint density at radius 3 is 2.76 bits per heavy atom. The fourth-order valence-corrected chi connectivity index (χ4v) is 5.58. The smallest absolute Gasteiger partial charge is 0.251 e. The van der Waals surface area contributed by atoms with E-state index < -0.39 is 6.23 Å². The molecule has 2 unspecified atom stereocenters. The van der Waals surface area contributed by atoms with E-state index in [1.807, 2.05) is 36.4 Å². The Labute approximate surface area is 206 Å². The summed E-state index contributed by atoms with van der Waals surface area (Å²) in [5.41, 5.74) is 3.74. The Morgan fingerprint density at radius 2 is 1.94 bits per heavy atom. The second-order valence-electron chi connectivity index (χ2n) is 9.50. The first-order chi connectivity index (χ1) is 16.6. The summed E-state index contributed by atoms with van der Waals surface area (Å²) >= 11 is 6.13. The van der Waals surface area contributed by atoms with Crippen LogP contribution in [0.3, 0.4) is 0 Å². The molecule has 3 N–H and O–H groups in total. The quantitative estimate of drug-likeness (QED) is 0.547. The van der Waals surface area contributed by atoms with Crippen molar-refractivity contribution in [3.8, 4) is 0 Å². The molecule has 2 aromatic rings. The van der Waals surface area contributed by atoms with Crippen LogP contribution < -0.4 is 20.4 Å². The molecule has 3 aliphatic heterocycles. The lowest BCUT2D eigenvalue weighted by Gasteiger charge is -2.45. The zero-order chi connectivity index (χ0) is 23.5. The van der Waals surface area contributed by atoms with Gasteiger partial charge in [0.05, 0.1) is 17.4 Å². The molecule has 8 heteroatoms. The number of carbonyl (C=O) groups excluding carboxylic acids is 1. The number of piperidine rings is 1. The topological polar surface area (TPSA) is 71.1 Å². The van der Waals surface area contributed by atoms with Gasteiger partial charge in [0.2, 0.25) is 0 Å². The largest absolute Gasteiger partial charge is 0.372 e. The predicted octanol–water partition coefficient (Wildman–Crippen LogP) is 3.38. The van der Waals surface area contributed by atoms with Crippen LogP contribution in [0.5, 0.6) is 0 Å². The van der Waals surface area contributed by atoms with Crippen LogP contribution in [-0.2, 0) is 0 Å². The summed E-state index contributed by atoms with van der Waals surface area (Å²) < 4.78 is 0. The van der Waals surface area contributed by atoms with E-state index in [2.05, 4.69) is 31.4 Å². The molecule has 0 radical (unpaired) electrons. The highest BCUT2D eigenvalue weighted by Crippen LogP contribution is 2.37. The molecule has 0 spiro atoms. The molecule has 2 aromatic carbocycles. The van der Waals surface area contributed by atoms with Gasteiger partial charge in [0.1, 0.15) is 6.23 Å². The lowest BCUT2D eigenvalue weighted by molar-refractivity contribution is 0.0951. The van der Waals surface area contributed by atoms with E-state index in [1.54, 1.807) is 0 Å². The number of halogens is 1. The van der Waals surface area contributed by atoms with Gasteiger partial charge >= 0.3 is 0 Å². The molecule has 2 saturated heterocycles. The first-order valence-electron chi connectivity index (χ1n) is 12.4. The number of aliphatic hydroxyl groups is 1. The summed E-state index contributed by atoms with van der Waals surface area (Å²) in [6.45, 7) is 6.56. The van der Waals surface area contributed by atoms with Crippen LogP contribution in [-0.4, -0.2) is 74.0 Å². The Morgan fingerprint density at radius 1 is 1.09 bits per heavy atom. The molecular formula is C26H34ClN5O2. The molecule has 1 amide bonds. The third-order valence-electron chi connectivity index (χ3n) is 7.27. The van der Waals surface area contributed by atoms with Crippen LogP contribution in [0.4, 0.5) is 17.1 Å². The normalized spacial score (nSPS) is 22.5. The van der Waals surface area contributed by atoms with Gasteiger partial charge in [-0.3, -0.25) is 9.69 Å². The molecular weight excluding hydrogens is 450 g/mol. The summed E-state index contributed by atoms with van der Waals surface area (Å²) in [7, 11) is 0. The molecule has 0 saturated carbocycles. The maximum atomic E-state index is 12.7. The number of benzene rings is 2. The minimum absolute atomic E-state index is 0.0642. The first-order valence-corrected chi connectivity index (χ1v) is 12.8. The number of hydrogen-bond donors (Lipinski definition) is 3. The van der Waals surface area contributed by atoms with E-state index in [0.717, 1.165) is 81.3 Å². The number of aliphatic hydroxyl groups excluding tert-OH is 1. The van der Waals surface area contributed by atoms with Crippen LogP contribution in [0.25, 0.3) is 0 Å². The number of hydrogen-bond acceptors (Lipinski definition) is 6. The number of carbonyl (C=O) groups is 1. The number of rotatable bonds is 6. The lowest BCUT2D eigenvalue weighted by Crippen LogP contribution is -2.53. The molecule has 3 aliphatic rings. The van der Waals surface area contributed by atoms with Crippen molar-refractivity contribution in [2.75, 3.05) is 60.9 Å². The third kappa shape index (κ3) is 5.11. The van der Waals surface area contributed by atoms with E-state index >= 15 is 0 Å². The van der Waals surface area contributed by atoms with Gasteiger partial charge in [-0.15, -0.1) is 0 Å². The van der Waals surface area contributed by atoms with Crippen molar-refractivity contribution < 1.29 is 9.90 Å². The number of nitrogens with one attached hydrogen (secondary N) is 2. The zero-order valence-electron chi connectivity index (χ0n) is 19.5. The molecule has 5 rings (SSSR count). The minimum Gasteiger partial charge on any atom is -0.372 e. The number of anilines is 3. The second kappa shape index (κ2) is 10.4. The molecule has 2 atom stereocenters. The van der Waals surface area contributed by atoms with Gasteiger partial charge in [0.25, 0.3) is 5.91 Å². The summed E-state index contributed by atoms with van der Waals surface area (Å²) in [4.78, 5) is 19.8. The van der Waals surface area contributed by atoms with Crippen LogP contribution in [0, 0.1) is 0 Å². The predicted molar refractivity (Wildman–Crippen MR) is 138 cm³/mol. The van der Waals surface area contributed by atoms with Gasteiger partial charge in [-0.2, -0.15) is 0 Å². The Kier molecular flexibility index (Phi) is 7.13. The van der Waals surface area contributed by atoms with Gasteiger partial charge in [-0.05, 0) is 68.6 Å². The van der Waals surface area contributed by atoms with E-state index in [-0.39, 0.29) is 11.9 Å². The fraction of sp³-hybridized carbons (Fsp3) is 0.500. The average molecular weight is 484 g/mol. The van der Waals surface area contributed by atoms with Crippen molar-refractivity contribution in [2.24, 2.45) is 0 Å². The number of amides is 1. The molecule has 0 aliphatic carbocycles. The second-order valence-corrected chi connectivity index (χ2v) is 9.93. The molecule has 182 valence electrons. The Balaban J connectivity index is 1.07. The monoisotopic (exact) mass is 483 g/mol. The van der Waals surface area contributed by atoms with Gasteiger partial charge in [-0.1, -0.05) is 17.7 Å². The highest BCUT2D eigenvalue weighted by molar-refractivity contribution is 6.30. The van der Waals surface area contributed by atoms with E-state index in [0.29, 0.717) is 12.1 Å². The van der Waals surface area contributed by atoms with E-state index in [9.17, 15) is 9.90 Å². The summed E-state index contributed by atoms with van der Waals surface area (Å²) in [6, 6.07) is 13.9. The van der Waals surface area contributed by atoms with Crippen LogP contribution in [0.1, 0.15) is 36.0 Å². The number of nitrogens with zero attached hydrogens (tertiary/aromatic N) is 3. The summed E-state index contributed by atoms with van der Waals surface area (Å²) in [5, 5.41) is 17.5. The van der Waals surface area contributed by atoms with Gasteiger partial charge < -0.3 is 25.5 Å². The molecule has 0 bridgehead atoms.